The first-order chi connectivity index (χ1) is 12.6. The third kappa shape index (κ3) is 5.32. The van der Waals surface area contributed by atoms with E-state index < -0.39 is 33.2 Å². The van der Waals surface area contributed by atoms with Gasteiger partial charge in [-0.25, -0.2) is 8.42 Å². The van der Waals surface area contributed by atoms with Crippen LogP contribution in [0.1, 0.15) is 25.3 Å². The van der Waals surface area contributed by atoms with Crippen LogP contribution in [0.4, 0.5) is 13.2 Å². The van der Waals surface area contributed by atoms with Gasteiger partial charge >= 0.3 is 6.18 Å². The summed E-state index contributed by atoms with van der Waals surface area (Å²) in [7, 11) is -4.28. The monoisotopic (exact) mass is 404 g/mol. The first kappa shape index (κ1) is 21.4. The van der Waals surface area contributed by atoms with Crippen LogP contribution < -0.4 is 0 Å². The molecule has 1 heterocycles. The normalized spacial score (nSPS) is 16.6. The van der Waals surface area contributed by atoms with E-state index >= 15 is 0 Å². The number of sulfonamides is 1. The van der Waals surface area contributed by atoms with Gasteiger partial charge in [-0.15, -0.1) is 6.58 Å². The summed E-state index contributed by atoms with van der Waals surface area (Å²) in [5.74, 6) is 0.145. The average molecular weight is 404 g/mol. The van der Waals surface area contributed by atoms with Gasteiger partial charge in [0.2, 0.25) is 15.9 Å². The minimum Gasteiger partial charge on any atom is -0.342 e. The van der Waals surface area contributed by atoms with Gasteiger partial charge < -0.3 is 4.90 Å². The number of likely N-dealkylation sites (tertiary alicyclic amines) is 1. The van der Waals surface area contributed by atoms with Crippen molar-refractivity contribution in [2.45, 2.75) is 30.8 Å². The van der Waals surface area contributed by atoms with Crippen LogP contribution in [-0.2, 0) is 21.0 Å². The van der Waals surface area contributed by atoms with Crippen molar-refractivity contribution in [3.8, 4) is 0 Å². The summed E-state index contributed by atoms with van der Waals surface area (Å²) >= 11 is 0. The largest absolute Gasteiger partial charge is 0.416 e. The zero-order valence-corrected chi connectivity index (χ0v) is 15.9. The van der Waals surface area contributed by atoms with Crippen LogP contribution in [0.2, 0.25) is 0 Å². The molecule has 2 rings (SSSR count). The van der Waals surface area contributed by atoms with Gasteiger partial charge in [-0.2, -0.15) is 17.5 Å². The minimum atomic E-state index is -4.66. The molecular weight excluding hydrogens is 381 g/mol. The number of benzene rings is 1. The molecule has 27 heavy (non-hydrogen) atoms. The van der Waals surface area contributed by atoms with Crippen LogP contribution in [-0.4, -0.2) is 49.7 Å². The molecule has 0 bridgehead atoms. The van der Waals surface area contributed by atoms with Gasteiger partial charge in [0.05, 0.1) is 17.0 Å². The Morgan fingerprint density at radius 3 is 2.52 bits per heavy atom. The molecule has 1 aromatic carbocycles. The second-order valence-corrected chi connectivity index (χ2v) is 8.61. The second-order valence-electron chi connectivity index (χ2n) is 6.68. The van der Waals surface area contributed by atoms with E-state index in [1.54, 1.807) is 4.90 Å². The number of carbonyl (C=O) groups excluding carboxylic acids is 1. The maximum atomic E-state index is 12.9. The summed E-state index contributed by atoms with van der Waals surface area (Å²) in [6.45, 7) is 6.06. The van der Waals surface area contributed by atoms with Crippen molar-refractivity contribution in [2.75, 3.05) is 26.2 Å². The SMILES string of the molecule is C=CCN(CC(=O)N1CCC(C)CC1)S(=O)(=O)c1cccc(C(F)(F)F)c1. The molecule has 1 amide bonds. The highest BCUT2D eigenvalue weighted by Gasteiger charge is 2.34. The molecule has 150 valence electrons. The van der Waals surface area contributed by atoms with Crippen molar-refractivity contribution >= 4 is 15.9 Å². The van der Waals surface area contributed by atoms with Gasteiger partial charge in [0.25, 0.3) is 0 Å². The van der Waals surface area contributed by atoms with Gasteiger partial charge in [0, 0.05) is 19.6 Å². The molecule has 0 saturated carbocycles. The lowest BCUT2D eigenvalue weighted by molar-refractivity contribution is -0.137. The smallest absolute Gasteiger partial charge is 0.342 e. The van der Waals surface area contributed by atoms with Crippen LogP contribution in [0.5, 0.6) is 0 Å². The Morgan fingerprint density at radius 1 is 1.33 bits per heavy atom. The molecule has 1 fully saturated rings. The lowest BCUT2D eigenvalue weighted by atomic mass is 9.99. The quantitative estimate of drug-likeness (QED) is 0.685. The summed E-state index contributed by atoms with van der Waals surface area (Å²) in [4.78, 5) is 13.6. The number of alkyl halides is 3. The van der Waals surface area contributed by atoms with Crippen molar-refractivity contribution in [1.29, 1.82) is 0 Å². The van der Waals surface area contributed by atoms with E-state index in [0.717, 1.165) is 35.3 Å². The Balaban J connectivity index is 2.24. The molecule has 1 aliphatic rings. The second kappa shape index (κ2) is 8.43. The number of amides is 1. The van der Waals surface area contributed by atoms with Crippen molar-refractivity contribution in [3.63, 3.8) is 0 Å². The topological polar surface area (TPSA) is 57.7 Å². The van der Waals surface area contributed by atoms with Crippen LogP contribution in [0.25, 0.3) is 0 Å². The molecule has 1 aromatic rings. The van der Waals surface area contributed by atoms with E-state index in [-0.39, 0.29) is 12.5 Å². The van der Waals surface area contributed by atoms with Crippen LogP contribution >= 0.6 is 0 Å². The van der Waals surface area contributed by atoms with E-state index in [9.17, 15) is 26.4 Å². The Morgan fingerprint density at radius 2 is 1.96 bits per heavy atom. The predicted molar refractivity (Wildman–Crippen MR) is 95.4 cm³/mol. The van der Waals surface area contributed by atoms with Gasteiger partial charge in [-0.05, 0) is 37.0 Å². The number of rotatable bonds is 6. The van der Waals surface area contributed by atoms with E-state index in [1.807, 2.05) is 0 Å². The summed E-state index contributed by atoms with van der Waals surface area (Å²) in [5.41, 5.74) is -1.06. The number of piperidine rings is 1. The van der Waals surface area contributed by atoms with E-state index in [4.69, 9.17) is 0 Å². The number of carbonyl (C=O) groups is 1. The van der Waals surface area contributed by atoms with Crippen molar-refractivity contribution in [1.82, 2.24) is 9.21 Å². The Hall–Kier alpha value is -1.87. The number of halogens is 3. The van der Waals surface area contributed by atoms with Gasteiger partial charge in [0.15, 0.2) is 0 Å². The summed E-state index contributed by atoms with van der Waals surface area (Å²) in [6, 6.07) is 3.51. The van der Waals surface area contributed by atoms with Crippen molar-refractivity contribution in [2.24, 2.45) is 5.92 Å². The lowest BCUT2D eigenvalue weighted by Gasteiger charge is -2.32. The highest BCUT2D eigenvalue weighted by Crippen LogP contribution is 2.31. The van der Waals surface area contributed by atoms with E-state index in [0.29, 0.717) is 25.1 Å². The van der Waals surface area contributed by atoms with Crippen molar-refractivity contribution < 1.29 is 26.4 Å². The first-order valence-corrected chi connectivity index (χ1v) is 10.1. The van der Waals surface area contributed by atoms with Crippen molar-refractivity contribution in [3.05, 3.63) is 42.5 Å². The highest BCUT2D eigenvalue weighted by atomic mass is 32.2. The first-order valence-electron chi connectivity index (χ1n) is 8.61. The summed E-state index contributed by atoms with van der Waals surface area (Å²) in [5, 5.41) is 0. The van der Waals surface area contributed by atoms with Gasteiger partial charge in [-0.1, -0.05) is 19.1 Å². The molecule has 5 nitrogen and oxygen atoms in total. The Labute approximate surface area is 157 Å². The van der Waals surface area contributed by atoms with Crippen LogP contribution in [0, 0.1) is 5.92 Å². The van der Waals surface area contributed by atoms with Gasteiger partial charge in [-0.3, -0.25) is 4.79 Å². The van der Waals surface area contributed by atoms with E-state index in [2.05, 4.69) is 13.5 Å². The summed E-state index contributed by atoms with van der Waals surface area (Å²) in [6.07, 6.45) is -1.67. The molecule has 0 N–H and O–H groups in total. The molecule has 0 atom stereocenters. The fourth-order valence-corrected chi connectivity index (χ4v) is 4.29. The average Bonchev–Trinajstić information content (AvgIpc) is 2.61. The fourth-order valence-electron chi connectivity index (χ4n) is 2.88. The standard InChI is InChI=1S/C18H23F3N2O3S/c1-3-9-23(13-17(24)22-10-7-14(2)8-11-22)27(25,26)16-6-4-5-15(12-16)18(19,20)21/h3-6,12,14H,1,7-11,13H2,2H3. The van der Waals surface area contributed by atoms with Gasteiger partial charge in [0.1, 0.15) is 0 Å². The maximum absolute atomic E-state index is 12.9. The number of hydrogen-bond donors (Lipinski definition) is 0. The number of hydrogen-bond acceptors (Lipinski definition) is 3. The lowest BCUT2D eigenvalue weighted by Crippen LogP contribution is -2.45. The molecular formula is C18H23F3N2O3S. The molecule has 0 radical (unpaired) electrons. The molecule has 1 saturated heterocycles. The molecule has 0 aromatic heterocycles. The molecule has 1 aliphatic heterocycles. The zero-order valence-electron chi connectivity index (χ0n) is 15.1. The third-order valence-corrected chi connectivity index (χ3v) is 6.39. The highest BCUT2D eigenvalue weighted by molar-refractivity contribution is 7.89. The van der Waals surface area contributed by atoms with Crippen LogP contribution in [0.3, 0.4) is 0 Å². The zero-order chi connectivity index (χ0) is 20.2. The molecule has 0 aliphatic carbocycles. The molecule has 9 heteroatoms. The molecule has 0 unspecified atom stereocenters. The van der Waals surface area contributed by atoms with E-state index in [1.165, 1.54) is 6.08 Å². The Kier molecular flexibility index (Phi) is 6.69. The Bertz CT molecular complexity index is 785. The summed E-state index contributed by atoms with van der Waals surface area (Å²) < 4.78 is 65.2. The third-order valence-electron chi connectivity index (χ3n) is 4.58. The maximum Gasteiger partial charge on any atom is 0.416 e. The molecule has 0 spiro atoms. The minimum absolute atomic E-state index is 0.172. The fraction of sp³-hybridized carbons (Fsp3) is 0.500. The number of nitrogens with zero attached hydrogens (tertiary/aromatic N) is 2. The van der Waals surface area contributed by atoms with Crippen LogP contribution in [0.15, 0.2) is 41.8 Å². The predicted octanol–water partition coefficient (Wildman–Crippen LogP) is 3.14.